The Morgan fingerprint density at radius 2 is 2.11 bits per heavy atom. The molecule has 1 aliphatic heterocycles. The van der Waals surface area contributed by atoms with Crippen LogP contribution in [0.4, 0.5) is 0 Å². The van der Waals surface area contributed by atoms with Crippen molar-refractivity contribution in [2.45, 2.75) is 39.5 Å². The molecule has 1 aromatic rings. The molecule has 1 aliphatic rings. The van der Waals surface area contributed by atoms with Crippen LogP contribution in [0.2, 0.25) is 0 Å². The van der Waals surface area contributed by atoms with E-state index >= 15 is 0 Å². The molecule has 1 fully saturated rings. The topological polar surface area (TPSA) is 28.2 Å². The number of nitrogens with one attached hydrogen (secondary N) is 1. The maximum Gasteiger partial charge on any atom is 0.0930 e. The molecule has 1 unspecified atom stereocenters. The molecular formula is C14H25N3S. The number of aromatic nitrogens is 1. The van der Waals surface area contributed by atoms with E-state index in [4.69, 9.17) is 4.98 Å². The van der Waals surface area contributed by atoms with Crippen LogP contribution in [0.15, 0.2) is 0 Å². The summed E-state index contributed by atoms with van der Waals surface area (Å²) in [4.78, 5) is 8.77. The summed E-state index contributed by atoms with van der Waals surface area (Å²) >= 11 is 1.93. The Morgan fingerprint density at radius 3 is 2.78 bits per heavy atom. The minimum Gasteiger partial charge on any atom is -0.314 e. The van der Waals surface area contributed by atoms with Gasteiger partial charge in [0, 0.05) is 43.5 Å². The number of thiazole rings is 1. The summed E-state index contributed by atoms with van der Waals surface area (Å²) in [5.74, 6) is 0.617. The molecule has 1 N–H and O–H groups in total. The van der Waals surface area contributed by atoms with Crippen LogP contribution < -0.4 is 5.32 Å². The molecule has 102 valence electrons. The first-order valence-corrected chi connectivity index (χ1v) is 7.91. The molecule has 0 aromatic carbocycles. The predicted molar refractivity (Wildman–Crippen MR) is 78.6 cm³/mol. The SMILES string of the molecule is CCCc1nc(C)c(C(C)CN2CCNCC2)s1. The van der Waals surface area contributed by atoms with Crippen LogP contribution in [0.25, 0.3) is 0 Å². The highest BCUT2D eigenvalue weighted by Gasteiger charge is 2.18. The summed E-state index contributed by atoms with van der Waals surface area (Å²) in [5, 5.41) is 4.73. The Bertz CT molecular complexity index is 369. The minimum absolute atomic E-state index is 0.617. The molecule has 2 rings (SSSR count). The van der Waals surface area contributed by atoms with Crippen LogP contribution in [0.5, 0.6) is 0 Å². The van der Waals surface area contributed by atoms with Crippen molar-refractivity contribution in [1.29, 1.82) is 0 Å². The smallest absolute Gasteiger partial charge is 0.0930 e. The van der Waals surface area contributed by atoms with Gasteiger partial charge in [0.25, 0.3) is 0 Å². The van der Waals surface area contributed by atoms with E-state index in [1.54, 1.807) is 0 Å². The van der Waals surface area contributed by atoms with Crippen molar-refractivity contribution in [3.8, 4) is 0 Å². The van der Waals surface area contributed by atoms with Crippen LogP contribution in [0, 0.1) is 6.92 Å². The Balaban J connectivity index is 1.96. The van der Waals surface area contributed by atoms with E-state index in [2.05, 4.69) is 31.0 Å². The van der Waals surface area contributed by atoms with Crippen LogP contribution >= 0.6 is 11.3 Å². The summed E-state index contributed by atoms with van der Waals surface area (Å²) in [5.41, 5.74) is 1.26. The fraction of sp³-hybridized carbons (Fsp3) is 0.786. The van der Waals surface area contributed by atoms with Crippen LogP contribution in [0.3, 0.4) is 0 Å². The first-order valence-electron chi connectivity index (χ1n) is 7.10. The largest absolute Gasteiger partial charge is 0.314 e. The normalized spacial score (nSPS) is 19.1. The molecule has 0 spiro atoms. The molecule has 1 atom stereocenters. The van der Waals surface area contributed by atoms with Crippen molar-refractivity contribution in [2.24, 2.45) is 0 Å². The van der Waals surface area contributed by atoms with E-state index in [1.807, 2.05) is 11.3 Å². The van der Waals surface area contributed by atoms with Crippen LogP contribution in [-0.4, -0.2) is 42.6 Å². The van der Waals surface area contributed by atoms with Gasteiger partial charge in [0.1, 0.15) is 0 Å². The highest BCUT2D eigenvalue weighted by Crippen LogP contribution is 2.28. The average Bonchev–Trinajstić information content (AvgIpc) is 2.72. The van der Waals surface area contributed by atoms with Crippen molar-refractivity contribution < 1.29 is 0 Å². The number of aryl methyl sites for hydroxylation is 2. The van der Waals surface area contributed by atoms with Gasteiger partial charge in [-0.15, -0.1) is 11.3 Å². The molecule has 2 heterocycles. The van der Waals surface area contributed by atoms with Crippen LogP contribution in [0.1, 0.15) is 41.8 Å². The van der Waals surface area contributed by atoms with E-state index in [9.17, 15) is 0 Å². The van der Waals surface area contributed by atoms with E-state index in [1.165, 1.54) is 41.6 Å². The van der Waals surface area contributed by atoms with Gasteiger partial charge in [-0.2, -0.15) is 0 Å². The van der Waals surface area contributed by atoms with Crippen molar-refractivity contribution in [1.82, 2.24) is 15.2 Å². The first-order chi connectivity index (χ1) is 8.70. The van der Waals surface area contributed by atoms with E-state index in [0.717, 1.165) is 19.5 Å². The van der Waals surface area contributed by atoms with Gasteiger partial charge in [-0.1, -0.05) is 13.8 Å². The molecule has 0 radical (unpaired) electrons. The lowest BCUT2D eigenvalue weighted by Gasteiger charge is -2.29. The second kappa shape index (κ2) is 6.64. The average molecular weight is 267 g/mol. The third kappa shape index (κ3) is 3.53. The number of rotatable bonds is 5. The Morgan fingerprint density at radius 1 is 1.39 bits per heavy atom. The van der Waals surface area contributed by atoms with Crippen molar-refractivity contribution in [3.05, 3.63) is 15.6 Å². The standard InChI is InChI=1S/C14H25N3S/c1-4-5-13-16-12(3)14(18-13)11(2)10-17-8-6-15-7-9-17/h11,15H,4-10H2,1-3H3. The summed E-state index contributed by atoms with van der Waals surface area (Å²) in [6.45, 7) is 12.5. The predicted octanol–water partition coefficient (Wildman–Crippen LogP) is 2.41. The zero-order chi connectivity index (χ0) is 13.0. The zero-order valence-corrected chi connectivity index (χ0v) is 12.6. The third-order valence-corrected chi connectivity index (χ3v) is 4.98. The van der Waals surface area contributed by atoms with E-state index < -0.39 is 0 Å². The molecule has 0 saturated carbocycles. The maximum absolute atomic E-state index is 4.70. The zero-order valence-electron chi connectivity index (χ0n) is 11.8. The van der Waals surface area contributed by atoms with Gasteiger partial charge in [-0.25, -0.2) is 4.98 Å². The Hall–Kier alpha value is -0.450. The molecule has 1 aromatic heterocycles. The molecule has 3 nitrogen and oxygen atoms in total. The van der Waals surface area contributed by atoms with Gasteiger partial charge in [-0.3, -0.25) is 0 Å². The van der Waals surface area contributed by atoms with Gasteiger partial charge in [0.2, 0.25) is 0 Å². The van der Waals surface area contributed by atoms with Crippen molar-refractivity contribution in [3.63, 3.8) is 0 Å². The van der Waals surface area contributed by atoms with E-state index in [-0.39, 0.29) is 0 Å². The lowest BCUT2D eigenvalue weighted by molar-refractivity contribution is 0.231. The van der Waals surface area contributed by atoms with Gasteiger partial charge >= 0.3 is 0 Å². The Labute approximate surface area is 115 Å². The number of piperazine rings is 1. The first kappa shape index (κ1) is 14.0. The highest BCUT2D eigenvalue weighted by atomic mass is 32.1. The van der Waals surface area contributed by atoms with E-state index in [0.29, 0.717) is 5.92 Å². The van der Waals surface area contributed by atoms with Crippen molar-refractivity contribution in [2.75, 3.05) is 32.7 Å². The molecule has 18 heavy (non-hydrogen) atoms. The number of nitrogens with zero attached hydrogens (tertiary/aromatic N) is 2. The van der Waals surface area contributed by atoms with Crippen LogP contribution in [-0.2, 0) is 6.42 Å². The molecule has 0 aliphatic carbocycles. The fourth-order valence-corrected chi connectivity index (χ4v) is 3.82. The summed E-state index contributed by atoms with van der Waals surface area (Å²) in [6.07, 6.45) is 2.32. The van der Waals surface area contributed by atoms with Gasteiger partial charge in [-0.05, 0) is 19.8 Å². The van der Waals surface area contributed by atoms with Gasteiger partial charge in [0.05, 0.1) is 10.7 Å². The lowest BCUT2D eigenvalue weighted by atomic mass is 10.1. The second-order valence-electron chi connectivity index (χ2n) is 5.26. The van der Waals surface area contributed by atoms with Gasteiger partial charge < -0.3 is 10.2 Å². The molecular weight excluding hydrogens is 242 g/mol. The molecule has 1 saturated heterocycles. The summed E-state index contributed by atoms with van der Waals surface area (Å²) in [6, 6.07) is 0. The number of hydrogen-bond acceptors (Lipinski definition) is 4. The molecule has 0 bridgehead atoms. The molecule has 4 heteroatoms. The summed E-state index contributed by atoms with van der Waals surface area (Å²) < 4.78 is 0. The quantitative estimate of drug-likeness (QED) is 0.888. The highest BCUT2D eigenvalue weighted by molar-refractivity contribution is 7.11. The third-order valence-electron chi connectivity index (χ3n) is 3.53. The lowest BCUT2D eigenvalue weighted by Crippen LogP contribution is -2.44. The summed E-state index contributed by atoms with van der Waals surface area (Å²) in [7, 11) is 0. The second-order valence-corrected chi connectivity index (χ2v) is 6.37. The molecule has 0 amide bonds. The minimum atomic E-state index is 0.617. The van der Waals surface area contributed by atoms with Crippen molar-refractivity contribution >= 4 is 11.3 Å². The fourth-order valence-electron chi connectivity index (χ4n) is 2.61. The monoisotopic (exact) mass is 267 g/mol. The van der Waals surface area contributed by atoms with Gasteiger partial charge in [0.15, 0.2) is 0 Å². The maximum atomic E-state index is 4.70. The number of hydrogen-bond donors (Lipinski definition) is 1. The Kier molecular flexibility index (Phi) is 5.15.